The fourth-order valence-electron chi connectivity index (χ4n) is 4.33. The highest BCUT2D eigenvalue weighted by molar-refractivity contribution is 5.54. The van der Waals surface area contributed by atoms with E-state index in [1.54, 1.807) is 7.11 Å². The molecule has 4 aliphatic rings. The first-order valence-corrected chi connectivity index (χ1v) is 9.12. The van der Waals surface area contributed by atoms with E-state index in [0.29, 0.717) is 12.0 Å². The molecule has 25 heavy (non-hydrogen) atoms. The summed E-state index contributed by atoms with van der Waals surface area (Å²) in [7, 11) is 1.80. The lowest BCUT2D eigenvalue weighted by molar-refractivity contribution is -0.0211. The van der Waals surface area contributed by atoms with E-state index in [4.69, 9.17) is 9.72 Å². The number of nitrogens with zero attached hydrogens (tertiary/aromatic N) is 4. The standard InChI is InChI=1S/C18H24N6O/c1-11(25-2)18-8-13(9-18)24(10-18)17-19-6-5-15(21-17)20-16-7-14(22-23-16)12-3-4-12/h5-7,11-13H,3-4,8-10H2,1-2H3,(H2,19,20,21,22,23). The number of anilines is 3. The monoisotopic (exact) mass is 340 g/mol. The SMILES string of the molecule is COC(C)C12CC(C1)N(c1nccc(Nc3cc(C4CC4)[nH]n3)n1)C2. The highest BCUT2D eigenvalue weighted by Crippen LogP contribution is 2.55. The molecule has 0 radical (unpaired) electrons. The highest BCUT2D eigenvalue weighted by atomic mass is 16.5. The number of hydrogen-bond acceptors (Lipinski definition) is 6. The molecule has 2 aromatic rings. The van der Waals surface area contributed by atoms with E-state index >= 15 is 0 Å². The summed E-state index contributed by atoms with van der Waals surface area (Å²) >= 11 is 0. The average Bonchev–Trinajstić information content (AvgIpc) is 3.06. The molecule has 2 aromatic heterocycles. The molecule has 1 unspecified atom stereocenters. The Balaban J connectivity index is 1.32. The minimum atomic E-state index is 0.271. The topological polar surface area (TPSA) is 79.0 Å². The molecule has 0 aromatic carbocycles. The van der Waals surface area contributed by atoms with Gasteiger partial charge in [-0.05, 0) is 38.7 Å². The lowest BCUT2D eigenvalue weighted by Crippen LogP contribution is -2.43. The van der Waals surface area contributed by atoms with Gasteiger partial charge >= 0.3 is 0 Å². The fraction of sp³-hybridized carbons (Fsp3) is 0.611. The van der Waals surface area contributed by atoms with Crippen LogP contribution < -0.4 is 10.2 Å². The predicted octanol–water partition coefficient (Wildman–Crippen LogP) is 2.82. The third kappa shape index (κ3) is 2.49. The molecule has 2 saturated heterocycles. The van der Waals surface area contributed by atoms with Gasteiger partial charge in [-0.1, -0.05) is 0 Å². The summed E-state index contributed by atoms with van der Waals surface area (Å²) < 4.78 is 5.60. The molecule has 4 heterocycles. The van der Waals surface area contributed by atoms with Gasteiger partial charge in [0.2, 0.25) is 5.95 Å². The average molecular weight is 340 g/mol. The minimum absolute atomic E-state index is 0.271. The van der Waals surface area contributed by atoms with Crippen LogP contribution in [0.3, 0.4) is 0 Å². The molecule has 132 valence electrons. The molecule has 7 heteroatoms. The van der Waals surface area contributed by atoms with E-state index in [1.807, 2.05) is 12.3 Å². The molecule has 2 N–H and O–H groups in total. The van der Waals surface area contributed by atoms with E-state index in [0.717, 1.165) is 24.1 Å². The first-order valence-electron chi connectivity index (χ1n) is 9.12. The Kier molecular flexibility index (Phi) is 3.28. The molecule has 4 fully saturated rings. The van der Waals surface area contributed by atoms with Crippen LogP contribution in [-0.4, -0.2) is 46.0 Å². The van der Waals surface area contributed by atoms with Gasteiger partial charge in [-0.3, -0.25) is 5.10 Å². The number of H-pyrrole nitrogens is 1. The Morgan fingerprint density at radius 3 is 2.96 bits per heavy atom. The fourth-order valence-corrected chi connectivity index (χ4v) is 4.33. The maximum Gasteiger partial charge on any atom is 0.227 e. The quantitative estimate of drug-likeness (QED) is 0.842. The van der Waals surface area contributed by atoms with Crippen LogP contribution in [0, 0.1) is 5.41 Å². The molecular formula is C18H24N6O. The lowest BCUT2D eigenvalue weighted by atomic mass is 9.67. The van der Waals surface area contributed by atoms with Gasteiger partial charge in [-0.25, -0.2) is 4.98 Å². The van der Waals surface area contributed by atoms with E-state index < -0.39 is 0 Å². The zero-order valence-corrected chi connectivity index (χ0v) is 14.7. The zero-order chi connectivity index (χ0) is 17.0. The maximum absolute atomic E-state index is 5.60. The molecule has 2 aliphatic heterocycles. The van der Waals surface area contributed by atoms with Crippen LogP contribution in [0.2, 0.25) is 0 Å². The second-order valence-electron chi connectivity index (χ2n) is 7.78. The van der Waals surface area contributed by atoms with Crippen molar-refractivity contribution in [2.75, 3.05) is 23.9 Å². The van der Waals surface area contributed by atoms with Crippen LogP contribution >= 0.6 is 0 Å². The van der Waals surface area contributed by atoms with Crippen molar-refractivity contribution >= 4 is 17.6 Å². The molecule has 1 atom stereocenters. The normalized spacial score (nSPS) is 28.7. The lowest BCUT2D eigenvalue weighted by Gasteiger charge is -2.40. The van der Waals surface area contributed by atoms with Gasteiger partial charge in [0.25, 0.3) is 0 Å². The van der Waals surface area contributed by atoms with Gasteiger partial charge in [0.05, 0.1) is 6.10 Å². The van der Waals surface area contributed by atoms with Gasteiger partial charge in [-0.2, -0.15) is 10.1 Å². The summed E-state index contributed by atoms with van der Waals surface area (Å²) in [6, 6.07) is 4.52. The number of aromatic nitrogens is 4. The number of ether oxygens (including phenoxy) is 1. The third-order valence-corrected chi connectivity index (χ3v) is 6.20. The zero-order valence-electron chi connectivity index (χ0n) is 14.7. The number of hydrogen-bond donors (Lipinski definition) is 2. The van der Waals surface area contributed by atoms with Crippen LogP contribution in [-0.2, 0) is 4.74 Å². The van der Waals surface area contributed by atoms with Crippen molar-refractivity contribution in [2.45, 2.75) is 50.7 Å². The van der Waals surface area contributed by atoms with Gasteiger partial charge in [-0.15, -0.1) is 0 Å². The van der Waals surface area contributed by atoms with Crippen LogP contribution in [0.5, 0.6) is 0 Å². The summed E-state index contributed by atoms with van der Waals surface area (Å²) in [6.07, 6.45) is 6.97. The molecule has 2 saturated carbocycles. The van der Waals surface area contributed by atoms with Gasteiger partial charge in [0.15, 0.2) is 5.82 Å². The van der Waals surface area contributed by atoms with Crippen molar-refractivity contribution in [3.05, 3.63) is 24.0 Å². The molecule has 2 bridgehead atoms. The summed E-state index contributed by atoms with van der Waals surface area (Å²) in [4.78, 5) is 11.6. The van der Waals surface area contributed by atoms with Gasteiger partial charge in [0.1, 0.15) is 5.82 Å². The van der Waals surface area contributed by atoms with E-state index in [-0.39, 0.29) is 11.5 Å². The Labute approximate surface area is 147 Å². The highest BCUT2D eigenvalue weighted by Gasteiger charge is 2.58. The molecule has 2 aliphatic carbocycles. The maximum atomic E-state index is 5.60. The van der Waals surface area contributed by atoms with Crippen molar-refractivity contribution in [1.82, 2.24) is 20.2 Å². The Morgan fingerprint density at radius 1 is 1.36 bits per heavy atom. The smallest absolute Gasteiger partial charge is 0.227 e. The second kappa shape index (κ2) is 5.42. The first kappa shape index (κ1) is 15.1. The largest absolute Gasteiger partial charge is 0.381 e. The van der Waals surface area contributed by atoms with Crippen LogP contribution in [0.15, 0.2) is 18.3 Å². The summed E-state index contributed by atoms with van der Waals surface area (Å²) in [5.41, 5.74) is 1.49. The van der Waals surface area contributed by atoms with E-state index in [2.05, 4.69) is 38.4 Å². The molecular weight excluding hydrogens is 316 g/mol. The summed E-state index contributed by atoms with van der Waals surface area (Å²) in [6.45, 7) is 3.15. The first-order chi connectivity index (χ1) is 12.2. The van der Waals surface area contributed by atoms with Gasteiger partial charge < -0.3 is 15.0 Å². The van der Waals surface area contributed by atoms with E-state index in [9.17, 15) is 0 Å². The van der Waals surface area contributed by atoms with Crippen molar-refractivity contribution in [3.8, 4) is 0 Å². The number of rotatable bonds is 6. The Bertz CT molecular complexity index is 779. The Morgan fingerprint density at radius 2 is 2.20 bits per heavy atom. The van der Waals surface area contributed by atoms with E-state index in [1.165, 1.54) is 31.4 Å². The number of methoxy groups -OCH3 is 1. The van der Waals surface area contributed by atoms with Gasteiger partial charge in [0, 0.05) is 49.0 Å². The molecule has 6 rings (SSSR count). The van der Waals surface area contributed by atoms with Crippen molar-refractivity contribution in [3.63, 3.8) is 0 Å². The number of fused-ring (bicyclic) bond motifs is 1. The van der Waals surface area contributed by atoms with Crippen molar-refractivity contribution in [2.24, 2.45) is 5.41 Å². The Hall–Kier alpha value is -2.15. The number of aromatic amines is 1. The van der Waals surface area contributed by atoms with Crippen LogP contribution in [0.25, 0.3) is 0 Å². The molecule has 0 spiro atoms. The minimum Gasteiger partial charge on any atom is -0.381 e. The second-order valence-corrected chi connectivity index (χ2v) is 7.78. The summed E-state index contributed by atoms with van der Waals surface area (Å²) in [5.74, 6) is 3.08. The predicted molar refractivity (Wildman–Crippen MR) is 95.1 cm³/mol. The molecule has 0 amide bonds. The summed E-state index contributed by atoms with van der Waals surface area (Å²) in [5, 5.41) is 10.8. The van der Waals surface area contributed by atoms with Crippen molar-refractivity contribution < 1.29 is 4.74 Å². The van der Waals surface area contributed by atoms with Crippen molar-refractivity contribution in [1.29, 1.82) is 0 Å². The third-order valence-electron chi connectivity index (χ3n) is 6.20. The molecule has 7 nitrogen and oxygen atoms in total. The number of nitrogens with one attached hydrogen (secondary N) is 2. The van der Waals surface area contributed by atoms with Crippen LogP contribution in [0.4, 0.5) is 17.6 Å². The van der Waals surface area contributed by atoms with Crippen LogP contribution in [0.1, 0.15) is 44.2 Å².